The van der Waals surface area contributed by atoms with E-state index in [1.54, 1.807) is 11.3 Å². The molecule has 0 aliphatic carbocycles. The molecule has 3 rings (SSSR count). The van der Waals surface area contributed by atoms with Crippen LogP contribution in [0.2, 0.25) is 0 Å². The summed E-state index contributed by atoms with van der Waals surface area (Å²) in [6, 6.07) is 12.3. The number of carbonyl (C=O) groups excluding carboxylic acids is 1. The second kappa shape index (κ2) is 9.02. The molecule has 3 aromatic rings. The first-order valence-corrected chi connectivity index (χ1v) is 11.2. The highest BCUT2D eigenvalue weighted by atomic mass is 79.9. The van der Waals surface area contributed by atoms with Gasteiger partial charge < -0.3 is 5.32 Å². The molecule has 0 atom stereocenters. The molecule has 1 amide bonds. The van der Waals surface area contributed by atoms with Crippen LogP contribution in [0.5, 0.6) is 0 Å². The molecule has 0 saturated carbocycles. The van der Waals surface area contributed by atoms with E-state index >= 15 is 0 Å². The molecule has 2 heterocycles. The topological polar surface area (TPSA) is 42.0 Å². The lowest BCUT2D eigenvalue weighted by atomic mass is 9.99. The zero-order valence-corrected chi connectivity index (χ0v) is 18.1. The number of aryl methyl sites for hydroxylation is 2. The third-order valence-electron chi connectivity index (χ3n) is 4.26. The highest BCUT2D eigenvalue weighted by Crippen LogP contribution is 2.25. The molecule has 2 aromatic heterocycles. The molecule has 26 heavy (non-hydrogen) atoms. The number of rotatable bonds is 7. The first kappa shape index (κ1) is 19.4. The minimum Gasteiger partial charge on any atom is -0.355 e. The number of hydrogen-bond acceptors (Lipinski definition) is 4. The minimum atomic E-state index is 0.0627. The van der Waals surface area contributed by atoms with Gasteiger partial charge in [0.1, 0.15) is 0 Å². The fourth-order valence-electron chi connectivity index (χ4n) is 2.92. The number of carbonyl (C=O) groups is 1. The third-order valence-corrected chi connectivity index (χ3v) is 7.08. The normalized spacial score (nSPS) is 11.0. The zero-order chi connectivity index (χ0) is 18.5. The van der Waals surface area contributed by atoms with Crippen LogP contribution in [0.4, 0.5) is 0 Å². The van der Waals surface area contributed by atoms with Gasteiger partial charge in [-0.15, -0.1) is 11.3 Å². The second-order valence-electron chi connectivity index (χ2n) is 6.10. The Morgan fingerprint density at radius 1 is 1.23 bits per heavy atom. The summed E-state index contributed by atoms with van der Waals surface area (Å²) in [5.41, 5.74) is 4.12. The number of hydrogen-bond donors (Lipinski definition) is 1. The molecule has 0 fully saturated rings. The third kappa shape index (κ3) is 4.87. The van der Waals surface area contributed by atoms with Gasteiger partial charge in [0.15, 0.2) is 0 Å². The number of fused-ring (bicyclic) bond motifs is 1. The molecule has 1 aromatic carbocycles. The van der Waals surface area contributed by atoms with Crippen molar-refractivity contribution in [3.8, 4) is 0 Å². The van der Waals surface area contributed by atoms with Gasteiger partial charge in [0.05, 0.1) is 15.7 Å². The molecule has 6 heteroatoms. The number of halogens is 1. The number of amides is 1. The SMILES string of the molecule is Cc1nc2ccccc2c(C)c1CC(=O)NCCSCc1ccc(Br)s1. The number of aromatic nitrogens is 1. The summed E-state index contributed by atoms with van der Waals surface area (Å²) in [7, 11) is 0. The molecular weight excluding hydrogens is 428 g/mol. The van der Waals surface area contributed by atoms with E-state index in [9.17, 15) is 4.79 Å². The maximum Gasteiger partial charge on any atom is 0.224 e. The van der Waals surface area contributed by atoms with Crippen molar-refractivity contribution in [3.05, 3.63) is 61.9 Å². The molecule has 136 valence electrons. The van der Waals surface area contributed by atoms with Crippen LogP contribution in [-0.2, 0) is 17.0 Å². The molecule has 3 nitrogen and oxygen atoms in total. The second-order valence-corrected chi connectivity index (χ2v) is 9.76. The van der Waals surface area contributed by atoms with Crippen LogP contribution in [0.1, 0.15) is 21.7 Å². The van der Waals surface area contributed by atoms with Crippen LogP contribution < -0.4 is 5.32 Å². The number of thioether (sulfide) groups is 1. The van der Waals surface area contributed by atoms with Gasteiger partial charge in [-0.2, -0.15) is 11.8 Å². The van der Waals surface area contributed by atoms with Gasteiger partial charge in [-0.25, -0.2) is 0 Å². The maximum atomic E-state index is 12.3. The summed E-state index contributed by atoms with van der Waals surface area (Å²) in [6.07, 6.45) is 0.387. The van der Waals surface area contributed by atoms with Crippen LogP contribution in [0.25, 0.3) is 10.9 Å². The molecule has 0 aliphatic rings. The Kier molecular flexibility index (Phi) is 6.73. The summed E-state index contributed by atoms with van der Waals surface area (Å²) in [5, 5.41) is 4.16. The van der Waals surface area contributed by atoms with Crippen LogP contribution in [0.15, 0.2) is 40.2 Å². The van der Waals surface area contributed by atoms with E-state index in [-0.39, 0.29) is 5.91 Å². The number of thiophene rings is 1. The van der Waals surface area contributed by atoms with Crippen molar-refractivity contribution in [3.63, 3.8) is 0 Å². The van der Waals surface area contributed by atoms with Crippen molar-refractivity contribution in [1.29, 1.82) is 0 Å². The number of nitrogens with zero attached hydrogens (tertiary/aromatic N) is 1. The number of pyridine rings is 1. The van der Waals surface area contributed by atoms with E-state index in [0.29, 0.717) is 13.0 Å². The Morgan fingerprint density at radius 3 is 2.81 bits per heavy atom. The maximum absolute atomic E-state index is 12.3. The van der Waals surface area contributed by atoms with E-state index in [4.69, 9.17) is 0 Å². The van der Waals surface area contributed by atoms with Crippen LogP contribution >= 0.6 is 39.0 Å². The molecule has 0 aliphatic heterocycles. The van der Waals surface area contributed by atoms with E-state index in [1.165, 1.54) is 4.88 Å². The molecular formula is C20H21BrN2OS2. The summed E-state index contributed by atoms with van der Waals surface area (Å²) in [5.74, 6) is 1.96. The average molecular weight is 449 g/mol. The number of para-hydroxylation sites is 1. The van der Waals surface area contributed by atoms with E-state index in [2.05, 4.69) is 51.4 Å². The van der Waals surface area contributed by atoms with Crippen molar-refractivity contribution in [2.45, 2.75) is 26.0 Å². The van der Waals surface area contributed by atoms with Gasteiger partial charge in [-0.1, -0.05) is 18.2 Å². The lowest BCUT2D eigenvalue weighted by Gasteiger charge is -2.12. The van der Waals surface area contributed by atoms with E-state index in [0.717, 1.165) is 43.0 Å². The molecule has 0 spiro atoms. The van der Waals surface area contributed by atoms with Crippen molar-refractivity contribution in [2.75, 3.05) is 12.3 Å². The summed E-state index contributed by atoms with van der Waals surface area (Å²) >= 11 is 7.08. The number of benzene rings is 1. The summed E-state index contributed by atoms with van der Waals surface area (Å²) in [6.45, 7) is 4.75. The Hall–Kier alpha value is -1.37. The summed E-state index contributed by atoms with van der Waals surface area (Å²) < 4.78 is 1.16. The predicted octanol–water partition coefficient (Wildman–Crippen LogP) is 5.27. The summed E-state index contributed by atoms with van der Waals surface area (Å²) in [4.78, 5) is 18.3. The molecule has 1 N–H and O–H groups in total. The standard InChI is InChI=1S/C20H21BrN2OS2/c1-13-16-5-3-4-6-18(16)23-14(2)17(13)11-20(24)22-9-10-25-12-15-7-8-19(21)26-15/h3-8H,9-12H2,1-2H3,(H,22,24). The highest BCUT2D eigenvalue weighted by molar-refractivity contribution is 9.11. The van der Waals surface area contributed by atoms with Crippen molar-refractivity contribution in [2.24, 2.45) is 0 Å². The molecule has 0 radical (unpaired) electrons. The largest absolute Gasteiger partial charge is 0.355 e. The van der Waals surface area contributed by atoms with Crippen molar-refractivity contribution >= 4 is 55.8 Å². The highest BCUT2D eigenvalue weighted by Gasteiger charge is 2.12. The lowest BCUT2D eigenvalue weighted by molar-refractivity contribution is -0.120. The molecule has 0 saturated heterocycles. The Balaban J connectivity index is 1.51. The predicted molar refractivity (Wildman–Crippen MR) is 116 cm³/mol. The monoisotopic (exact) mass is 448 g/mol. The van der Waals surface area contributed by atoms with Gasteiger partial charge in [-0.3, -0.25) is 9.78 Å². The number of nitrogens with one attached hydrogen (secondary N) is 1. The van der Waals surface area contributed by atoms with E-state index < -0.39 is 0 Å². The van der Waals surface area contributed by atoms with Crippen LogP contribution in [0, 0.1) is 13.8 Å². The lowest BCUT2D eigenvalue weighted by Crippen LogP contribution is -2.28. The quantitative estimate of drug-likeness (QED) is 0.500. The first-order chi connectivity index (χ1) is 12.5. The fraction of sp³-hybridized carbons (Fsp3) is 0.300. The van der Waals surface area contributed by atoms with Gasteiger partial charge >= 0.3 is 0 Å². The van der Waals surface area contributed by atoms with Crippen LogP contribution in [-0.4, -0.2) is 23.2 Å². The van der Waals surface area contributed by atoms with Gasteiger partial charge in [0.25, 0.3) is 0 Å². The minimum absolute atomic E-state index is 0.0627. The van der Waals surface area contributed by atoms with Crippen molar-refractivity contribution < 1.29 is 4.79 Å². The average Bonchev–Trinajstić information content (AvgIpc) is 3.03. The van der Waals surface area contributed by atoms with E-state index in [1.807, 2.05) is 36.9 Å². The van der Waals surface area contributed by atoms with Crippen molar-refractivity contribution in [1.82, 2.24) is 10.3 Å². The Morgan fingerprint density at radius 2 is 2.04 bits per heavy atom. The van der Waals surface area contributed by atoms with Gasteiger partial charge in [0.2, 0.25) is 5.91 Å². The smallest absolute Gasteiger partial charge is 0.224 e. The zero-order valence-electron chi connectivity index (χ0n) is 14.8. The molecule has 0 unspecified atom stereocenters. The van der Waals surface area contributed by atoms with Gasteiger partial charge in [-0.05, 0) is 59.1 Å². The van der Waals surface area contributed by atoms with Crippen LogP contribution in [0.3, 0.4) is 0 Å². The molecule has 0 bridgehead atoms. The fourth-order valence-corrected chi connectivity index (χ4v) is 5.37. The Bertz CT molecular complexity index is 923. The Labute approximate surface area is 170 Å². The first-order valence-electron chi connectivity index (χ1n) is 8.48. The van der Waals surface area contributed by atoms with Gasteiger partial charge in [0, 0.05) is 34.0 Å².